The summed E-state index contributed by atoms with van der Waals surface area (Å²) in [6, 6.07) is 0.437. The van der Waals surface area contributed by atoms with Gasteiger partial charge in [0, 0.05) is 47.2 Å². The number of thioether (sulfide) groups is 1. The molecule has 18 heavy (non-hydrogen) atoms. The highest BCUT2D eigenvalue weighted by Gasteiger charge is 2.26. The number of rotatable bonds is 3. The van der Waals surface area contributed by atoms with Crippen molar-refractivity contribution in [3.63, 3.8) is 0 Å². The summed E-state index contributed by atoms with van der Waals surface area (Å²) in [7, 11) is 0. The van der Waals surface area contributed by atoms with E-state index in [4.69, 9.17) is 5.73 Å². The standard InChI is InChI=1S/C11H14N4S3/c12-11-14-5-8(18-11)6-15-2-4-16-7-9(15)10-13-1-3-17-10/h1,3,5,9H,2,4,6-7H2,(H2,12,14). The van der Waals surface area contributed by atoms with Gasteiger partial charge in [0.25, 0.3) is 0 Å². The third kappa shape index (κ3) is 2.69. The lowest BCUT2D eigenvalue weighted by Gasteiger charge is -2.33. The van der Waals surface area contributed by atoms with Crippen LogP contribution in [-0.2, 0) is 6.54 Å². The number of nitrogens with zero attached hydrogens (tertiary/aromatic N) is 3. The Morgan fingerprint density at radius 3 is 3.11 bits per heavy atom. The summed E-state index contributed by atoms with van der Waals surface area (Å²) in [5, 5.41) is 3.93. The molecule has 0 amide bonds. The Morgan fingerprint density at radius 2 is 2.39 bits per heavy atom. The molecular formula is C11H14N4S3. The van der Waals surface area contributed by atoms with E-state index in [0.717, 1.165) is 18.8 Å². The fourth-order valence-electron chi connectivity index (χ4n) is 2.05. The fraction of sp³-hybridized carbons (Fsp3) is 0.455. The number of thiazole rings is 2. The van der Waals surface area contributed by atoms with E-state index in [9.17, 15) is 0 Å². The van der Waals surface area contributed by atoms with Crippen molar-refractivity contribution in [2.75, 3.05) is 23.8 Å². The Hall–Kier alpha value is -0.630. The van der Waals surface area contributed by atoms with Crippen molar-refractivity contribution in [3.05, 3.63) is 27.7 Å². The molecule has 3 rings (SSSR count). The molecule has 1 aliphatic heterocycles. The summed E-state index contributed by atoms with van der Waals surface area (Å²) >= 11 is 5.34. The molecule has 7 heteroatoms. The second-order valence-electron chi connectivity index (χ2n) is 4.10. The van der Waals surface area contributed by atoms with Crippen LogP contribution in [0.1, 0.15) is 15.9 Å². The first kappa shape index (κ1) is 12.4. The summed E-state index contributed by atoms with van der Waals surface area (Å²) in [5.41, 5.74) is 5.69. The van der Waals surface area contributed by atoms with Gasteiger partial charge < -0.3 is 5.73 Å². The average Bonchev–Trinajstić information content (AvgIpc) is 3.02. The van der Waals surface area contributed by atoms with Crippen LogP contribution < -0.4 is 5.73 Å². The van der Waals surface area contributed by atoms with Gasteiger partial charge in [-0.15, -0.1) is 22.7 Å². The molecule has 2 N–H and O–H groups in total. The van der Waals surface area contributed by atoms with Crippen molar-refractivity contribution in [2.24, 2.45) is 0 Å². The van der Waals surface area contributed by atoms with Gasteiger partial charge in [-0.3, -0.25) is 4.90 Å². The molecule has 1 saturated heterocycles. The lowest BCUT2D eigenvalue weighted by Crippen LogP contribution is -2.35. The zero-order valence-corrected chi connectivity index (χ0v) is 12.2. The van der Waals surface area contributed by atoms with Gasteiger partial charge in [0.05, 0.1) is 6.04 Å². The smallest absolute Gasteiger partial charge is 0.180 e. The molecule has 96 valence electrons. The molecule has 0 radical (unpaired) electrons. The molecule has 2 aromatic heterocycles. The largest absolute Gasteiger partial charge is 0.375 e. The molecule has 1 atom stereocenters. The van der Waals surface area contributed by atoms with Crippen molar-refractivity contribution < 1.29 is 0 Å². The summed E-state index contributed by atoms with van der Waals surface area (Å²) < 4.78 is 0. The second-order valence-corrected chi connectivity index (χ2v) is 7.32. The summed E-state index contributed by atoms with van der Waals surface area (Å²) in [6.07, 6.45) is 3.78. The molecule has 0 spiro atoms. The Balaban J connectivity index is 1.76. The quantitative estimate of drug-likeness (QED) is 0.943. The SMILES string of the molecule is Nc1ncc(CN2CCSCC2c2nccs2)s1. The molecular weight excluding hydrogens is 284 g/mol. The van der Waals surface area contributed by atoms with Crippen molar-refractivity contribution >= 4 is 39.6 Å². The zero-order valence-electron chi connectivity index (χ0n) is 9.78. The maximum absolute atomic E-state index is 5.69. The molecule has 1 aliphatic rings. The van der Waals surface area contributed by atoms with Gasteiger partial charge in [-0.1, -0.05) is 0 Å². The van der Waals surface area contributed by atoms with Crippen molar-refractivity contribution in [1.82, 2.24) is 14.9 Å². The Morgan fingerprint density at radius 1 is 1.44 bits per heavy atom. The number of nitrogens with two attached hydrogens (primary N) is 1. The van der Waals surface area contributed by atoms with Crippen LogP contribution in [0, 0.1) is 0 Å². The molecule has 0 bridgehead atoms. The number of hydrogen-bond acceptors (Lipinski definition) is 7. The monoisotopic (exact) mass is 298 g/mol. The van der Waals surface area contributed by atoms with Crippen LogP contribution in [0.25, 0.3) is 0 Å². The highest BCUT2D eigenvalue weighted by Crippen LogP contribution is 2.32. The maximum Gasteiger partial charge on any atom is 0.180 e. The summed E-state index contributed by atoms with van der Waals surface area (Å²) in [6.45, 7) is 2.03. The van der Waals surface area contributed by atoms with Crippen LogP contribution in [0.2, 0.25) is 0 Å². The van der Waals surface area contributed by atoms with Crippen LogP contribution in [0.4, 0.5) is 5.13 Å². The predicted molar refractivity (Wildman–Crippen MR) is 79.1 cm³/mol. The van der Waals surface area contributed by atoms with Crippen LogP contribution in [0.5, 0.6) is 0 Å². The number of aromatic nitrogens is 2. The van der Waals surface area contributed by atoms with E-state index in [1.165, 1.54) is 15.6 Å². The number of hydrogen-bond donors (Lipinski definition) is 1. The normalized spacial score (nSPS) is 21.2. The maximum atomic E-state index is 5.69. The van der Waals surface area contributed by atoms with Gasteiger partial charge in [-0.25, -0.2) is 9.97 Å². The van der Waals surface area contributed by atoms with E-state index in [1.54, 1.807) is 22.7 Å². The minimum atomic E-state index is 0.437. The first-order chi connectivity index (χ1) is 8.83. The van der Waals surface area contributed by atoms with Gasteiger partial charge >= 0.3 is 0 Å². The van der Waals surface area contributed by atoms with Crippen molar-refractivity contribution in [1.29, 1.82) is 0 Å². The van der Waals surface area contributed by atoms with E-state index >= 15 is 0 Å². The van der Waals surface area contributed by atoms with Crippen molar-refractivity contribution in [3.8, 4) is 0 Å². The Labute approximate surface area is 118 Å². The lowest BCUT2D eigenvalue weighted by atomic mass is 10.2. The minimum Gasteiger partial charge on any atom is -0.375 e. The molecule has 1 unspecified atom stereocenters. The summed E-state index contributed by atoms with van der Waals surface area (Å²) in [5.74, 6) is 2.32. The first-order valence-corrected chi connectivity index (χ1v) is 8.59. The molecule has 2 aromatic rings. The van der Waals surface area contributed by atoms with Gasteiger partial charge in [0.2, 0.25) is 0 Å². The van der Waals surface area contributed by atoms with Gasteiger partial charge in [0.15, 0.2) is 5.13 Å². The third-order valence-corrected chi connectivity index (χ3v) is 5.62. The predicted octanol–water partition coefficient (Wildman–Crippen LogP) is 2.47. The fourth-order valence-corrected chi connectivity index (χ4v) is 4.76. The molecule has 4 nitrogen and oxygen atoms in total. The molecule has 0 aliphatic carbocycles. The number of nitrogen functional groups attached to an aromatic ring is 1. The van der Waals surface area contributed by atoms with E-state index in [1.807, 2.05) is 24.2 Å². The number of anilines is 1. The molecule has 0 saturated carbocycles. The van der Waals surface area contributed by atoms with Crippen LogP contribution in [0.3, 0.4) is 0 Å². The highest BCUT2D eigenvalue weighted by molar-refractivity contribution is 7.99. The Kier molecular flexibility index (Phi) is 3.83. The van der Waals surface area contributed by atoms with Crippen LogP contribution in [-0.4, -0.2) is 32.9 Å². The third-order valence-electron chi connectivity index (χ3n) is 2.91. The van der Waals surface area contributed by atoms with Gasteiger partial charge in [-0.05, 0) is 0 Å². The van der Waals surface area contributed by atoms with E-state index in [0.29, 0.717) is 11.2 Å². The van der Waals surface area contributed by atoms with Gasteiger partial charge in [-0.2, -0.15) is 11.8 Å². The lowest BCUT2D eigenvalue weighted by molar-refractivity contribution is 0.213. The first-order valence-electron chi connectivity index (χ1n) is 5.74. The minimum absolute atomic E-state index is 0.437. The molecule has 3 heterocycles. The van der Waals surface area contributed by atoms with Crippen LogP contribution in [0.15, 0.2) is 17.8 Å². The highest BCUT2D eigenvalue weighted by atomic mass is 32.2. The molecule has 1 fully saturated rings. The average molecular weight is 298 g/mol. The summed E-state index contributed by atoms with van der Waals surface area (Å²) in [4.78, 5) is 12.3. The van der Waals surface area contributed by atoms with Gasteiger partial charge in [0.1, 0.15) is 5.01 Å². The second kappa shape index (κ2) is 5.56. The zero-order chi connectivity index (χ0) is 12.4. The molecule has 0 aromatic carbocycles. The van der Waals surface area contributed by atoms with Crippen LogP contribution >= 0.6 is 34.4 Å². The van der Waals surface area contributed by atoms with Crippen molar-refractivity contribution in [2.45, 2.75) is 12.6 Å². The van der Waals surface area contributed by atoms with E-state index < -0.39 is 0 Å². The Bertz CT molecular complexity index is 496. The topological polar surface area (TPSA) is 55.0 Å². The van der Waals surface area contributed by atoms with E-state index in [-0.39, 0.29) is 0 Å². The van der Waals surface area contributed by atoms with E-state index in [2.05, 4.69) is 20.2 Å².